The van der Waals surface area contributed by atoms with Gasteiger partial charge in [0.15, 0.2) is 0 Å². The first kappa shape index (κ1) is 12.3. The van der Waals surface area contributed by atoms with Gasteiger partial charge in [-0.05, 0) is 31.4 Å². The topological polar surface area (TPSA) is 39.9 Å². The zero-order valence-electron chi connectivity index (χ0n) is 10.3. The average molecular weight is 267 g/mol. The SMILES string of the molecule is CN(c1ccc(C#N)cn1)C12CC(C(F)(F)F)(C1)C2. The van der Waals surface area contributed by atoms with Crippen LogP contribution in [0.2, 0.25) is 0 Å². The van der Waals surface area contributed by atoms with Gasteiger partial charge in [0.25, 0.3) is 0 Å². The molecule has 1 aromatic heterocycles. The van der Waals surface area contributed by atoms with Crippen molar-refractivity contribution in [2.75, 3.05) is 11.9 Å². The molecule has 6 heteroatoms. The maximum Gasteiger partial charge on any atom is 0.394 e. The predicted molar refractivity (Wildman–Crippen MR) is 62.4 cm³/mol. The van der Waals surface area contributed by atoms with Gasteiger partial charge in [0, 0.05) is 18.8 Å². The second-order valence-electron chi connectivity index (χ2n) is 5.61. The van der Waals surface area contributed by atoms with E-state index in [0.29, 0.717) is 11.4 Å². The first-order valence-electron chi connectivity index (χ1n) is 5.99. The van der Waals surface area contributed by atoms with Crippen LogP contribution >= 0.6 is 0 Å². The molecule has 0 atom stereocenters. The highest BCUT2D eigenvalue weighted by Crippen LogP contribution is 2.75. The number of rotatable bonds is 2. The Morgan fingerprint density at radius 2 is 1.95 bits per heavy atom. The van der Waals surface area contributed by atoms with Gasteiger partial charge in [-0.2, -0.15) is 18.4 Å². The fourth-order valence-electron chi connectivity index (χ4n) is 3.28. The van der Waals surface area contributed by atoms with E-state index in [2.05, 4.69) is 4.98 Å². The van der Waals surface area contributed by atoms with Gasteiger partial charge < -0.3 is 4.90 Å². The zero-order chi connectivity index (χ0) is 13.9. The molecule has 19 heavy (non-hydrogen) atoms. The Labute approximate surface area is 108 Å². The summed E-state index contributed by atoms with van der Waals surface area (Å²) in [5.41, 5.74) is -1.40. The van der Waals surface area contributed by atoms with Crippen LogP contribution in [0.1, 0.15) is 24.8 Å². The summed E-state index contributed by atoms with van der Waals surface area (Å²) < 4.78 is 38.4. The van der Waals surface area contributed by atoms with Crippen molar-refractivity contribution < 1.29 is 13.2 Å². The fourth-order valence-corrected chi connectivity index (χ4v) is 3.28. The zero-order valence-corrected chi connectivity index (χ0v) is 10.3. The summed E-state index contributed by atoms with van der Waals surface area (Å²) in [4.78, 5) is 5.95. The van der Waals surface area contributed by atoms with E-state index in [1.807, 2.05) is 11.0 Å². The van der Waals surface area contributed by atoms with E-state index in [-0.39, 0.29) is 19.3 Å². The Morgan fingerprint density at radius 1 is 1.32 bits per heavy atom. The molecular weight excluding hydrogens is 255 g/mol. The van der Waals surface area contributed by atoms with Crippen molar-refractivity contribution in [2.24, 2.45) is 5.41 Å². The monoisotopic (exact) mass is 267 g/mol. The summed E-state index contributed by atoms with van der Waals surface area (Å²) in [6, 6.07) is 5.27. The Balaban J connectivity index is 1.74. The molecule has 3 saturated carbocycles. The number of aromatic nitrogens is 1. The highest BCUT2D eigenvalue weighted by molar-refractivity contribution is 5.49. The van der Waals surface area contributed by atoms with Crippen molar-refractivity contribution in [1.82, 2.24) is 4.98 Å². The third kappa shape index (κ3) is 1.47. The van der Waals surface area contributed by atoms with Crippen LogP contribution in [0.5, 0.6) is 0 Å². The van der Waals surface area contributed by atoms with Gasteiger partial charge in [0.05, 0.1) is 11.0 Å². The molecule has 0 amide bonds. The van der Waals surface area contributed by atoms with Crippen LogP contribution in [-0.2, 0) is 0 Å². The molecule has 0 unspecified atom stereocenters. The van der Waals surface area contributed by atoms with Crippen molar-refractivity contribution in [1.29, 1.82) is 5.26 Å². The Kier molecular flexibility index (Phi) is 2.20. The number of anilines is 1. The molecular formula is C13H12F3N3. The lowest BCUT2D eigenvalue weighted by molar-refractivity contribution is -0.332. The predicted octanol–water partition coefficient (Wildman–Crippen LogP) is 2.87. The lowest BCUT2D eigenvalue weighted by atomic mass is 9.38. The summed E-state index contributed by atoms with van der Waals surface area (Å²) in [6.07, 6.45) is -2.18. The smallest absolute Gasteiger partial charge is 0.354 e. The largest absolute Gasteiger partial charge is 0.394 e. The molecule has 1 aromatic rings. The van der Waals surface area contributed by atoms with Crippen molar-refractivity contribution in [2.45, 2.75) is 31.0 Å². The average Bonchev–Trinajstić information content (AvgIpc) is 2.23. The van der Waals surface area contributed by atoms with Crippen molar-refractivity contribution >= 4 is 5.82 Å². The number of hydrogen-bond acceptors (Lipinski definition) is 3. The number of nitrogens with zero attached hydrogens (tertiary/aromatic N) is 3. The molecule has 100 valence electrons. The van der Waals surface area contributed by atoms with Crippen molar-refractivity contribution in [3.63, 3.8) is 0 Å². The molecule has 4 rings (SSSR count). The van der Waals surface area contributed by atoms with E-state index in [9.17, 15) is 13.2 Å². The lowest BCUT2D eigenvalue weighted by Gasteiger charge is -2.73. The second-order valence-corrected chi connectivity index (χ2v) is 5.61. The fraction of sp³-hybridized carbons (Fsp3) is 0.538. The highest BCUT2D eigenvalue weighted by Gasteiger charge is 2.79. The molecule has 3 aliphatic carbocycles. The van der Waals surface area contributed by atoms with E-state index in [1.54, 1.807) is 19.2 Å². The number of nitriles is 1. The molecule has 3 aliphatic rings. The Hall–Kier alpha value is -1.77. The summed E-state index contributed by atoms with van der Waals surface area (Å²) in [6.45, 7) is 0. The second kappa shape index (κ2) is 3.41. The Bertz CT molecular complexity index is 536. The maximum atomic E-state index is 12.8. The van der Waals surface area contributed by atoms with Gasteiger partial charge in [-0.25, -0.2) is 4.98 Å². The molecule has 0 saturated heterocycles. The van der Waals surface area contributed by atoms with Crippen LogP contribution in [-0.4, -0.2) is 23.7 Å². The molecule has 2 bridgehead atoms. The minimum Gasteiger partial charge on any atom is -0.354 e. The van der Waals surface area contributed by atoms with Gasteiger partial charge >= 0.3 is 6.18 Å². The lowest BCUT2D eigenvalue weighted by Crippen LogP contribution is -2.78. The Morgan fingerprint density at radius 3 is 2.37 bits per heavy atom. The minimum atomic E-state index is -4.09. The third-order valence-electron chi connectivity index (χ3n) is 4.54. The van der Waals surface area contributed by atoms with E-state index < -0.39 is 17.1 Å². The molecule has 0 N–H and O–H groups in total. The molecule has 0 aromatic carbocycles. The molecule has 0 spiro atoms. The quantitative estimate of drug-likeness (QED) is 0.827. The summed E-state index contributed by atoms with van der Waals surface area (Å²) >= 11 is 0. The first-order chi connectivity index (χ1) is 8.82. The molecule has 3 nitrogen and oxygen atoms in total. The summed E-state index contributed by atoms with van der Waals surface area (Å²) in [5, 5.41) is 8.69. The minimum absolute atomic E-state index is 0.154. The van der Waals surface area contributed by atoms with Crippen LogP contribution < -0.4 is 4.90 Å². The van der Waals surface area contributed by atoms with Gasteiger partial charge in [-0.15, -0.1) is 0 Å². The first-order valence-corrected chi connectivity index (χ1v) is 5.99. The molecule has 0 aliphatic heterocycles. The van der Waals surface area contributed by atoms with Gasteiger partial charge in [0.2, 0.25) is 0 Å². The van der Waals surface area contributed by atoms with Crippen LogP contribution in [0.25, 0.3) is 0 Å². The van der Waals surface area contributed by atoms with E-state index in [4.69, 9.17) is 5.26 Å². The van der Waals surface area contributed by atoms with Gasteiger partial charge in [-0.3, -0.25) is 0 Å². The molecule has 0 radical (unpaired) electrons. The van der Waals surface area contributed by atoms with Crippen LogP contribution in [0, 0.1) is 16.7 Å². The normalized spacial score (nSPS) is 31.9. The van der Waals surface area contributed by atoms with Gasteiger partial charge in [0.1, 0.15) is 11.9 Å². The molecule has 3 fully saturated rings. The molecule has 1 heterocycles. The number of halogens is 3. The van der Waals surface area contributed by atoms with E-state index in [1.165, 1.54) is 6.20 Å². The standard InChI is InChI=1S/C13H12F3N3/c1-19(10-3-2-9(4-17)5-18-10)12-6-11(7-12,8-12)13(14,15)16/h2-3,5H,6-8H2,1H3. The van der Waals surface area contributed by atoms with E-state index >= 15 is 0 Å². The summed E-state index contributed by atoms with van der Waals surface area (Å²) in [5.74, 6) is 0.620. The van der Waals surface area contributed by atoms with Gasteiger partial charge in [-0.1, -0.05) is 0 Å². The van der Waals surface area contributed by atoms with E-state index in [0.717, 1.165) is 0 Å². The highest BCUT2D eigenvalue weighted by atomic mass is 19.4. The summed E-state index contributed by atoms with van der Waals surface area (Å²) in [7, 11) is 1.77. The number of pyridine rings is 1. The van der Waals surface area contributed by atoms with Crippen LogP contribution in [0.15, 0.2) is 18.3 Å². The van der Waals surface area contributed by atoms with Crippen LogP contribution in [0.3, 0.4) is 0 Å². The number of hydrogen-bond donors (Lipinski definition) is 0. The van der Waals surface area contributed by atoms with Crippen LogP contribution in [0.4, 0.5) is 19.0 Å². The number of alkyl halides is 3. The van der Waals surface area contributed by atoms with Crippen molar-refractivity contribution in [3.8, 4) is 6.07 Å². The third-order valence-corrected chi connectivity index (χ3v) is 4.54. The van der Waals surface area contributed by atoms with Crippen molar-refractivity contribution in [3.05, 3.63) is 23.9 Å². The maximum absolute atomic E-state index is 12.8.